The summed E-state index contributed by atoms with van der Waals surface area (Å²) < 4.78 is 23.6. The summed E-state index contributed by atoms with van der Waals surface area (Å²) in [6, 6.07) is 23.4. The van der Waals surface area contributed by atoms with Gasteiger partial charge in [-0.2, -0.15) is 0 Å². The number of nitrogens with two attached hydrogens (primary N) is 2. The molecule has 5 aromatic carbocycles. The lowest BCUT2D eigenvalue weighted by Gasteiger charge is -2.39. The summed E-state index contributed by atoms with van der Waals surface area (Å²) in [5.41, 5.74) is 14.2. The maximum Gasteiger partial charge on any atom is 0.415 e. The third-order valence-corrected chi connectivity index (χ3v) is 19.7. The minimum Gasteiger partial charge on any atom is -0.461 e. The maximum absolute atomic E-state index is 14.8. The van der Waals surface area contributed by atoms with E-state index in [9.17, 15) is 63.6 Å². The van der Waals surface area contributed by atoms with Crippen molar-refractivity contribution in [3.63, 3.8) is 0 Å². The zero-order chi connectivity index (χ0) is 72.9. The lowest BCUT2D eigenvalue weighted by Crippen LogP contribution is -2.60. The molecule has 0 saturated carbocycles. The Morgan fingerprint density at radius 2 is 1.22 bits per heavy atom. The molecule has 1 saturated heterocycles. The summed E-state index contributed by atoms with van der Waals surface area (Å²) in [4.78, 5) is 127. The fourth-order valence-corrected chi connectivity index (χ4v) is 13.8. The van der Waals surface area contributed by atoms with Crippen molar-refractivity contribution in [1.29, 1.82) is 0 Å². The molecule has 0 aliphatic carbocycles. The Kier molecular flexibility index (Phi) is 26.2. The molecule has 10 amide bonds. The molecule has 1 fully saturated rings. The van der Waals surface area contributed by atoms with E-state index in [4.69, 9.17) is 53.6 Å². The number of thiophene rings is 1. The van der Waals surface area contributed by atoms with Gasteiger partial charge in [-0.3, -0.25) is 28.8 Å². The van der Waals surface area contributed by atoms with Crippen molar-refractivity contribution < 1.29 is 82.5 Å². The number of likely N-dealkylation sites (N-methyl/N-ethyl adjacent to an activating group) is 2. The third-order valence-electron chi connectivity index (χ3n) is 17.9. The highest BCUT2D eigenvalue weighted by Crippen LogP contribution is 2.49. The van der Waals surface area contributed by atoms with E-state index in [1.54, 1.807) is 96.4 Å². The second-order valence-electron chi connectivity index (χ2n) is 25.4. The van der Waals surface area contributed by atoms with Crippen LogP contribution < -0.4 is 57.3 Å². The van der Waals surface area contributed by atoms with Crippen LogP contribution in [-0.4, -0.2) is 204 Å². The van der Waals surface area contributed by atoms with Crippen molar-refractivity contribution in [2.24, 2.45) is 17.4 Å². The molecule has 1 aromatic heterocycles. The van der Waals surface area contributed by atoms with Gasteiger partial charge in [0.2, 0.25) is 29.9 Å². The molecule has 28 nitrogen and oxygen atoms in total. The maximum atomic E-state index is 14.8. The van der Waals surface area contributed by atoms with Crippen LogP contribution in [0.2, 0.25) is 0 Å². The van der Waals surface area contributed by atoms with Crippen LogP contribution in [0.3, 0.4) is 0 Å². The van der Waals surface area contributed by atoms with Crippen molar-refractivity contribution in [1.82, 2.24) is 31.1 Å². The Bertz CT molecular complexity index is 4020. The molecule has 13 N–H and O–H groups in total. The standard InChI is InChI=1S/C70H85Cl2N11O17S/c1-37(2)58(79-63(90)47(76-38(3)85)17-10-11-25-73)64(91)78-48(18-12-26-75-68(74)94)62(89)77-42-21-19-39(20-22-42)36-97-69(95)80(4)27-28-81(5)70(96)100-52-30-50-57(46-16-9-7-14-44(46)52)41(32-72)34-83(50)66(93)55-24-23-54(101-55)65(92)82-33-40(31-71)56-45-15-8-6-13-43(45)51(29-49(56)82)98-67-61(88)60(87)59(86)53(35-84)99-67/h6-9,13-16,19-24,29-30,37,40-41,47-48,53,58-61,67,84,86-88H,10-12,17-18,25-28,31-36,73H2,1-5H3,(H,76,85)(H,77,89)(H,78,91)(H,79,90)(H3,74,75,94)/t40-,41-,47+,48+,53?,58+,59+,60?,61+,67?/m1/s1. The van der Waals surface area contributed by atoms with Crippen LogP contribution in [0.1, 0.15) is 101 Å². The first-order valence-electron chi connectivity index (χ1n) is 33.1. The summed E-state index contributed by atoms with van der Waals surface area (Å²) in [5.74, 6) is -3.58. The molecule has 3 aliphatic heterocycles. The van der Waals surface area contributed by atoms with Crippen LogP contribution in [0.25, 0.3) is 21.5 Å². The summed E-state index contributed by atoms with van der Waals surface area (Å²) in [7, 11) is 3.00. The molecule has 0 bridgehead atoms. The number of carbonyl (C=O) groups excluding carboxylic acids is 9. The molecule has 101 heavy (non-hydrogen) atoms. The number of benzene rings is 5. The number of anilines is 3. The average molecular weight is 1460 g/mol. The molecule has 3 aliphatic rings. The highest BCUT2D eigenvalue weighted by Gasteiger charge is 2.46. The van der Waals surface area contributed by atoms with E-state index in [0.717, 1.165) is 22.5 Å². The van der Waals surface area contributed by atoms with Gasteiger partial charge in [0.15, 0.2) is 0 Å². The van der Waals surface area contributed by atoms with Gasteiger partial charge in [0.25, 0.3) is 11.8 Å². The van der Waals surface area contributed by atoms with E-state index in [1.165, 1.54) is 30.8 Å². The number of primary amides is 1. The number of aliphatic hydroxyl groups is 4. The number of fused-ring (bicyclic) bond motifs is 6. The number of aliphatic hydroxyl groups excluding tert-OH is 4. The van der Waals surface area contributed by atoms with Crippen LogP contribution in [-0.2, 0) is 35.3 Å². The molecular weight excluding hydrogens is 1370 g/mol. The highest BCUT2D eigenvalue weighted by atomic mass is 35.5. The largest absolute Gasteiger partial charge is 0.461 e. The third kappa shape index (κ3) is 18.1. The Morgan fingerprint density at radius 1 is 0.673 bits per heavy atom. The van der Waals surface area contributed by atoms with Gasteiger partial charge in [0, 0.05) is 106 Å². The Morgan fingerprint density at radius 3 is 1.76 bits per heavy atom. The predicted octanol–water partition coefficient (Wildman–Crippen LogP) is 5.54. The van der Waals surface area contributed by atoms with Crippen molar-refractivity contribution in [2.45, 2.75) is 120 Å². The molecule has 10 atom stereocenters. The number of nitrogens with one attached hydrogen (secondary N) is 5. The number of urea groups is 1. The smallest absolute Gasteiger partial charge is 0.415 e. The number of hydrogen-bond donors (Lipinski definition) is 11. The number of alkyl halides is 2. The lowest BCUT2D eigenvalue weighted by atomic mass is 9.95. The van der Waals surface area contributed by atoms with Gasteiger partial charge in [-0.25, -0.2) is 14.4 Å². The first-order valence-corrected chi connectivity index (χ1v) is 35.0. The van der Waals surface area contributed by atoms with Gasteiger partial charge < -0.3 is 97.0 Å². The van der Waals surface area contributed by atoms with Gasteiger partial charge >= 0.3 is 18.2 Å². The number of hydrogen-bond acceptors (Lipinski definition) is 19. The number of unbranched alkanes of at least 4 members (excludes halogenated alkanes) is 1. The second kappa shape index (κ2) is 34.6. The summed E-state index contributed by atoms with van der Waals surface area (Å²) >= 11 is 14.2. The molecule has 9 rings (SSSR count). The molecule has 0 spiro atoms. The van der Waals surface area contributed by atoms with Crippen molar-refractivity contribution in [3.05, 3.63) is 124 Å². The van der Waals surface area contributed by atoms with Crippen LogP contribution >= 0.6 is 34.5 Å². The number of nitrogens with zero attached hydrogens (tertiary/aromatic N) is 4. The van der Waals surface area contributed by atoms with Crippen molar-refractivity contribution >= 4 is 127 Å². The zero-order valence-corrected chi connectivity index (χ0v) is 58.7. The first-order chi connectivity index (χ1) is 48.4. The number of amides is 10. The highest BCUT2D eigenvalue weighted by molar-refractivity contribution is 7.16. The first kappa shape index (κ1) is 76.3. The zero-order valence-electron chi connectivity index (χ0n) is 56.4. The molecule has 6 aromatic rings. The molecular formula is C70H85Cl2N11O17S. The quantitative estimate of drug-likeness (QED) is 0.0203. The van der Waals surface area contributed by atoms with E-state index in [1.807, 2.05) is 24.3 Å². The number of ether oxygens (including phenoxy) is 4. The van der Waals surface area contributed by atoms with E-state index < -0.39 is 115 Å². The lowest BCUT2D eigenvalue weighted by molar-refractivity contribution is -0.277. The van der Waals surface area contributed by atoms with E-state index in [2.05, 4.69) is 26.6 Å². The molecule has 31 heteroatoms. The molecule has 542 valence electrons. The number of rotatable bonds is 29. The minimum atomic E-state index is -1.70. The topological polar surface area (TPSA) is 397 Å². The van der Waals surface area contributed by atoms with Crippen LogP contribution in [0, 0.1) is 5.92 Å². The van der Waals surface area contributed by atoms with Crippen molar-refractivity contribution in [3.8, 4) is 11.5 Å². The molecule has 4 heterocycles. The van der Waals surface area contributed by atoms with Crippen molar-refractivity contribution in [2.75, 3.05) is 86.8 Å². The Balaban J connectivity index is 0.813. The fourth-order valence-electron chi connectivity index (χ4n) is 12.4. The van der Waals surface area contributed by atoms with Crippen LogP contribution in [0.4, 0.5) is 31.4 Å². The predicted molar refractivity (Wildman–Crippen MR) is 379 cm³/mol. The van der Waals surface area contributed by atoms with Gasteiger partial charge in [-0.1, -0.05) is 74.5 Å². The van der Waals surface area contributed by atoms with Gasteiger partial charge in [0.1, 0.15) is 60.6 Å². The summed E-state index contributed by atoms with van der Waals surface area (Å²) in [6.45, 7) is 4.77. The molecule has 0 radical (unpaired) electrons. The normalized spacial score (nSPS) is 19.3. The van der Waals surface area contributed by atoms with Crippen LogP contribution in [0.5, 0.6) is 11.5 Å². The Labute approximate surface area is 596 Å². The minimum absolute atomic E-state index is 0.00779. The van der Waals surface area contributed by atoms with Crippen LogP contribution in [0.15, 0.2) is 97.1 Å². The van der Waals surface area contributed by atoms with Gasteiger partial charge in [-0.05, 0) is 96.3 Å². The Hall–Kier alpha value is -8.91. The van der Waals surface area contributed by atoms with Gasteiger partial charge in [-0.15, -0.1) is 34.5 Å². The monoisotopic (exact) mass is 1450 g/mol. The average Bonchev–Trinajstić information content (AvgIpc) is 1.63. The number of carbonyl (C=O) groups is 9. The van der Waals surface area contributed by atoms with Gasteiger partial charge in [0.05, 0.1) is 27.7 Å². The van der Waals surface area contributed by atoms with E-state index >= 15 is 0 Å². The number of halogens is 2. The summed E-state index contributed by atoms with van der Waals surface area (Å²) in [5, 5.41) is 57.7. The fraction of sp³-hybridized carbons (Fsp3) is 0.443. The van der Waals surface area contributed by atoms with E-state index in [-0.39, 0.29) is 97.0 Å². The van der Waals surface area contributed by atoms with E-state index in [0.29, 0.717) is 70.0 Å². The summed E-state index contributed by atoms with van der Waals surface area (Å²) in [6.07, 6.45) is -7.44. The SMILES string of the molecule is CC(=O)N[C@@H](CCCCN)C(=O)N[C@H](C(=O)N[C@@H](CCCNC(N)=O)C(=O)Nc1ccc(COC(=O)N(C)CCN(C)C(=O)Oc2cc3c(c4ccccc24)[C@H](CCl)CN3C(=O)c2ccc(C(=O)N3C[C@@H](CCl)c4c3cc(OC3OC(CO)[C@H](O)C(O)[C@@H]3O)c3ccccc43)s2)cc1)C(C)C. The second-order valence-corrected chi connectivity index (χ2v) is 27.1. The molecule has 3 unspecified atom stereocenters.